The smallest absolute Gasteiger partial charge is 0.207 e. The van der Waals surface area contributed by atoms with Gasteiger partial charge in [0.15, 0.2) is 0 Å². The number of carbonyl (C=O) groups is 1. The lowest BCUT2D eigenvalue weighted by atomic mass is 10.7. The van der Waals surface area contributed by atoms with Crippen molar-refractivity contribution in [3.05, 3.63) is 0 Å². The van der Waals surface area contributed by atoms with Crippen molar-refractivity contribution in [2.45, 2.75) is 0 Å². The van der Waals surface area contributed by atoms with E-state index >= 15 is 0 Å². The summed E-state index contributed by atoms with van der Waals surface area (Å²) in [6.07, 6.45) is 0.556. The first-order valence-electron chi connectivity index (χ1n) is 2.09. The minimum atomic E-state index is 0.245. The van der Waals surface area contributed by atoms with Gasteiger partial charge in [0.2, 0.25) is 6.41 Å². The van der Waals surface area contributed by atoms with Crippen LogP contribution in [0.2, 0.25) is 0 Å². The Bertz CT molecular complexity index is 58.5. The summed E-state index contributed by atoms with van der Waals surface area (Å²) in [4.78, 5) is 13.7. The first-order valence-corrected chi connectivity index (χ1v) is 2.09. The summed E-state index contributed by atoms with van der Waals surface area (Å²) >= 11 is 0. The molecule has 0 aromatic rings. The summed E-state index contributed by atoms with van der Waals surface area (Å²) in [5.74, 6) is 0. The lowest BCUT2D eigenvalue weighted by Gasteiger charge is -1.96. The van der Waals surface area contributed by atoms with Crippen LogP contribution in [-0.4, -0.2) is 24.8 Å². The Morgan fingerprint density at radius 1 is 1.75 bits per heavy atom. The molecule has 3 N–H and O–H groups in total. The van der Waals surface area contributed by atoms with Gasteiger partial charge in [0.25, 0.3) is 0 Å². The fourth-order valence-electron chi connectivity index (χ4n) is 0.215. The van der Waals surface area contributed by atoms with Gasteiger partial charge in [-0.05, 0) is 0 Å². The van der Waals surface area contributed by atoms with Crippen LogP contribution >= 0.6 is 0 Å². The summed E-state index contributed by atoms with van der Waals surface area (Å²) in [7, 11) is 0. The summed E-state index contributed by atoms with van der Waals surface area (Å²) in [5.41, 5.74) is 1.47. The van der Waals surface area contributed by atoms with Gasteiger partial charge in [0.05, 0.1) is 6.61 Å². The zero-order valence-corrected chi connectivity index (χ0v) is 4.26. The van der Waals surface area contributed by atoms with Crippen LogP contribution in [0.1, 0.15) is 0 Å². The predicted molar refractivity (Wildman–Crippen MR) is 24.9 cm³/mol. The molecule has 0 aliphatic carbocycles. The monoisotopic (exact) mass is 120 g/mol. The van der Waals surface area contributed by atoms with Gasteiger partial charge >= 0.3 is 0 Å². The molecule has 0 unspecified atom stereocenters. The van der Waals surface area contributed by atoms with Crippen LogP contribution in [0.15, 0.2) is 0 Å². The molecule has 0 spiro atoms. The van der Waals surface area contributed by atoms with Crippen molar-refractivity contribution in [2.75, 3.05) is 13.2 Å². The van der Waals surface area contributed by atoms with Gasteiger partial charge < -0.3 is 5.32 Å². The van der Waals surface area contributed by atoms with E-state index in [1.54, 1.807) is 0 Å². The minimum absolute atomic E-state index is 0.245. The summed E-state index contributed by atoms with van der Waals surface area (Å²) in [5, 5.41) is 10.1. The van der Waals surface area contributed by atoms with Crippen LogP contribution in [0, 0.1) is 0 Å². The molecule has 5 heteroatoms. The second-order valence-electron chi connectivity index (χ2n) is 1.01. The first kappa shape index (κ1) is 7.35. The van der Waals surface area contributed by atoms with Gasteiger partial charge in [-0.15, -0.1) is 0 Å². The highest BCUT2D eigenvalue weighted by Gasteiger charge is 1.80. The highest BCUT2D eigenvalue weighted by atomic mass is 16.8. The Hall–Kier alpha value is -0.650. The van der Waals surface area contributed by atoms with Crippen molar-refractivity contribution in [3.8, 4) is 0 Å². The van der Waals surface area contributed by atoms with Gasteiger partial charge in [-0.2, -0.15) is 0 Å². The Balaban J connectivity index is 2.62. The van der Waals surface area contributed by atoms with E-state index in [1.807, 2.05) is 0 Å². The maximum Gasteiger partial charge on any atom is 0.207 e. The van der Waals surface area contributed by atoms with E-state index < -0.39 is 0 Å². The normalized spacial score (nSPS) is 8.62. The second kappa shape index (κ2) is 6.35. The van der Waals surface area contributed by atoms with E-state index in [9.17, 15) is 4.79 Å². The molecule has 0 aromatic heterocycles. The Morgan fingerprint density at radius 2 is 2.50 bits per heavy atom. The molecule has 0 aromatic carbocycles. The average Bonchev–Trinajstić information content (AvgIpc) is 1.81. The molecule has 0 fully saturated rings. The third-order valence-corrected chi connectivity index (χ3v) is 0.496. The maximum absolute atomic E-state index is 9.52. The average molecular weight is 120 g/mol. The van der Waals surface area contributed by atoms with E-state index in [4.69, 9.17) is 5.21 Å². The molecule has 5 nitrogen and oxygen atoms in total. The van der Waals surface area contributed by atoms with Crippen molar-refractivity contribution in [3.63, 3.8) is 0 Å². The van der Waals surface area contributed by atoms with Crippen LogP contribution in [0.4, 0.5) is 0 Å². The molecule has 1 amide bonds. The number of carbonyl (C=O) groups excluding carboxylic acids is 1. The Labute approximate surface area is 46.5 Å². The first-order chi connectivity index (χ1) is 3.91. The van der Waals surface area contributed by atoms with E-state index in [0.717, 1.165) is 0 Å². The van der Waals surface area contributed by atoms with Crippen molar-refractivity contribution < 1.29 is 14.8 Å². The number of hydrogen-bond acceptors (Lipinski definition) is 4. The molecular formula is C3H8N2O3. The fraction of sp³-hybridized carbons (Fsp3) is 0.667. The zero-order valence-electron chi connectivity index (χ0n) is 4.26. The highest BCUT2D eigenvalue weighted by Crippen LogP contribution is 1.58. The molecule has 48 valence electrons. The topological polar surface area (TPSA) is 70.6 Å². The molecule has 0 atom stereocenters. The number of rotatable bonds is 5. The third kappa shape index (κ3) is 5.35. The molecule has 0 rings (SSSR count). The molecule has 0 aliphatic rings. The highest BCUT2D eigenvalue weighted by molar-refractivity contribution is 5.45. The van der Waals surface area contributed by atoms with E-state index in [1.165, 1.54) is 5.64 Å². The van der Waals surface area contributed by atoms with Gasteiger partial charge in [0, 0.05) is 6.54 Å². The summed E-state index contributed by atoms with van der Waals surface area (Å²) in [6, 6.07) is 0. The van der Waals surface area contributed by atoms with Crippen molar-refractivity contribution in [1.29, 1.82) is 0 Å². The minimum Gasteiger partial charge on any atom is -0.356 e. The molecule has 0 saturated carbocycles. The SMILES string of the molecule is O=CNCCONO. The van der Waals surface area contributed by atoms with Crippen molar-refractivity contribution >= 4 is 6.41 Å². The number of hydrogen-bond donors (Lipinski definition) is 3. The van der Waals surface area contributed by atoms with Crippen LogP contribution in [0.3, 0.4) is 0 Å². The summed E-state index contributed by atoms with van der Waals surface area (Å²) < 4.78 is 0. The lowest BCUT2D eigenvalue weighted by molar-refractivity contribution is -0.127. The molecule has 8 heavy (non-hydrogen) atoms. The van der Waals surface area contributed by atoms with Crippen LogP contribution in [0.25, 0.3) is 0 Å². The molecule has 0 radical (unpaired) electrons. The molecule has 0 aliphatic heterocycles. The Kier molecular flexibility index (Phi) is 5.83. The number of nitrogens with one attached hydrogen (secondary N) is 2. The van der Waals surface area contributed by atoms with E-state index in [2.05, 4.69) is 10.2 Å². The molecule has 0 saturated heterocycles. The quantitative estimate of drug-likeness (QED) is 0.238. The molecule has 0 heterocycles. The predicted octanol–water partition coefficient (Wildman–Crippen LogP) is -1.36. The van der Waals surface area contributed by atoms with Crippen LogP contribution in [0.5, 0.6) is 0 Å². The van der Waals surface area contributed by atoms with Crippen molar-refractivity contribution in [1.82, 2.24) is 11.0 Å². The van der Waals surface area contributed by atoms with E-state index in [0.29, 0.717) is 13.0 Å². The fourth-order valence-corrected chi connectivity index (χ4v) is 0.215. The third-order valence-electron chi connectivity index (χ3n) is 0.496. The van der Waals surface area contributed by atoms with Crippen LogP contribution < -0.4 is 11.0 Å². The standard InChI is InChI=1S/C3H8N2O3/c6-3-4-1-2-8-5-7/h3,5,7H,1-2H2,(H,4,6). The zero-order chi connectivity index (χ0) is 6.24. The molecule has 0 bridgehead atoms. The Morgan fingerprint density at radius 3 is 3.00 bits per heavy atom. The van der Waals surface area contributed by atoms with Crippen molar-refractivity contribution in [2.24, 2.45) is 0 Å². The maximum atomic E-state index is 9.52. The lowest BCUT2D eigenvalue weighted by Crippen LogP contribution is -2.21. The van der Waals surface area contributed by atoms with Crippen LogP contribution in [-0.2, 0) is 9.63 Å². The van der Waals surface area contributed by atoms with Gasteiger partial charge in [-0.25, -0.2) is 0 Å². The second-order valence-corrected chi connectivity index (χ2v) is 1.01. The van der Waals surface area contributed by atoms with E-state index in [-0.39, 0.29) is 6.61 Å². The van der Waals surface area contributed by atoms with Gasteiger partial charge in [0.1, 0.15) is 0 Å². The summed E-state index contributed by atoms with van der Waals surface area (Å²) in [6.45, 7) is 0.631. The molecular weight excluding hydrogens is 112 g/mol. The van der Waals surface area contributed by atoms with Gasteiger partial charge in [-0.1, -0.05) is 5.64 Å². The van der Waals surface area contributed by atoms with Gasteiger partial charge in [-0.3, -0.25) is 14.8 Å². The number of amides is 1. The largest absolute Gasteiger partial charge is 0.356 e.